The molecule has 1 N–H and O–H groups in total. The van der Waals surface area contributed by atoms with Crippen LogP contribution in [-0.2, 0) is 9.59 Å². The normalized spacial score (nSPS) is 25.0. The molecule has 2 fully saturated rings. The summed E-state index contributed by atoms with van der Waals surface area (Å²) in [6.45, 7) is 4.66. The number of nitrogens with zero attached hydrogens (tertiary/aromatic N) is 1. The van der Waals surface area contributed by atoms with Crippen molar-refractivity contribution >= 4 is 11.9 Å². The maximum absolute atomic E-state index is 12.2. The number of carbonyl (C=O) groups excluding carboxylic acids is 2. The van der Waals surface area contributed by atoms with E-state index in [0.717, 1.165) is 19.3 Å². The Morgan fingerprint density at radius 1 is 1.19 bits per heavy atom. The van der Waals surface area contributed by atoms with Gasteiger partial charge in [-0.25, -0.2) is 0 Å². The molecule has 2 atom stereocenters. The number of likely N-dealkylation sites (tertiary alicyclic amines) is 1. The summed E-state index contributed by atoms with van der Waals surface area (Å²) in [5, 5.41) is 14.1. The van der Waals surface area contributed by atoms with Crippen molar-refractivity contribution in [2.75, 3.05) is 6.54 Å². The molecule has 1 saturated heterocycles. The number of carboxylic acids is 1. The summed E-state index contributed by atoms with van der Waals surface area (Å²) in [5.41, 5.74) is 1.23. The van der Waals surface area contributed by atoms with E-state index in [-0.39, 0.29) is 47.5 Å². The molecule has 5 nitrogen and oxygen atoms in total. The van der Waals surface area contributed by atoms with Crippen molar-refractivity contribution in [2.45, 2.75) is 64.1 Å². The molecule has 1 aliphatic heterocycles. The standard InChI is InChI=1S/C15H24N2O3.Na/c1-10(2)4-3-9-16-14(18)12-7-8-13(15(19)20)17(12)11-5-6-11;/h4,11-13H,3,5-9H2,1-2H3,(H,16,18)(H,19,20);/q;+1/p-1. The fraction of sp³-hybridized carbons (Fsp3) is 0.733. The number of aliphatic carboxylic acids is 1. The Hall–Kier alpha value is -0.360. The van der Waals surface area contributed by atoms with E-state index in [1.807, 2.05) is 18.7 Å². The fourth-order valence-corrected chi connectivity index (χ4v) is 2.89. The van der Waals surface area contributed by atoms with Crippen molar-refractivity contribution in [1.82, 2.24) is 10.2 Å². The topological polar surface area (TPSA) is 72.5 Å². The van der Waals surface area contributed by atoms with Crippen molar-refractivity contribution in [3.8, 4) is 0 Å². The molecule has 2 unspecified atom stereocenters. The molecule has 112 valence electrons. The predicted molar refractivity (Wildman–Crippen MR) is 73.7 cm³/mol. The van der Waals surface area contributed by atoms with E-state index in [1.54, 1.807) is 0 Å². The van der Waals surface area contributed by atoms with Crippen LogP contribution in [0.5, 0.6) is 0 Å². The molecule has 1 saturated carbocycles. The van der Waals surface area contributed by atoms with Gasteiger partial charge in [-0.15, -0.1) is 0 Å². The van der Waals surface area contributed by atoms with Gasteiger partial charge in [0.25, 0.3) is 0 Å². The van der Waals surface area contributed by atoms with E-state index in [1.165, 1.54) is 5.57 Å². The first kappa shape index (κ1) is 18.7. The number of nitrogens with one attached hydrogen (secondary N) is 1. The average molecular weight is 302 g/mol. The summed E-state index contributed by atoms with van der Waals surface area (Å²) in [7, 11) is 0. The Morgan fingerprint density at radius 3 is 2.33 bits per heavy atom. The number of hydrogen-bond acceptors (Lipinski definition) is 4. The van der Waals surface area contributed by atoms with Gasteiger partial charge in [0.15, 0.2) is 0 Å². The summed E-state index contributed by atoms with van der Waals surface area (Å²) in [4.78, 5) is 25.2. The van der Waals surface area contributed by atoms with Crippen LogP contribution in [0.25, 0.3) is 0 Å². The molecular weight excluding hydrogens is 279 g/mol. The second-order valence-corrected chi connectivity index (χ2v) is 5.97. The second-order valence-electron chi connectivity index (χ2n) is 5.97. The molecular formula is C15H23N2NaO3. The molecule has 0 aromatic rings. The van der Waals surface area contributed by atoms with Gasteiger partial charge in [0.05, 0.1) is 18.1 Å². The average Bonchev–Trinajstić information content (AvgIpc) is 3.12. The van der Waals surface area contributed by atoms with Crippen LogP contribution >= 0.6 is 0 Å². The summed E-state index contributed by atoms with van der Waals surface area (Å²) in [6, 6.07) is -0.623. The summed E-state index contributed by atoms with van der Waals surface area (Å²) in [5.74, 6) is -1.08. The second kappa shape index (κ2) is 8.32. The number of carboxylic acid groups (broad SMARTS) is 1. The summed E-state index contributed by atoms with van der Waals surface area (Å²) >= 11 is 0. The van der Waals surface area contributed by atoms with Gasteiger partial charge in [0.2, 0.25) is 5.91 Å². The minimum Gasteiger partial charge on any atom is -0.548 e. The monoisotopic (exact) mass is 302 g/mol. The number of carbonyl (C=O) groups is 2. The maximum Gasteiger partial charge on any atom is 1.00 e. The third-order valence-corrected chi connectivity index (χ3v) is 3.97. The molecule has 6 heteroatoms. The van der Waals surface area contributed by atoms with Crippen LogP contribution < -0.4 is 40.0 Å². The predicted octanol–water partition coefficient (Wildman–Crippen LogP) is -2.79. The van der Waals surface area contributed by atoms with Gasteiger partial charge in [-0.3, -0.25) is 9.69 Å². The Morgan fingerprint density at radius 2 is 1.81 bits per heavy atom. The SMILES string of the molecule is CC(C)=CCCNC(=O)C1CCC(C(=O)[O-])N1C1CC1.[Na+]. The smallest absolute Gasteiger partial charge is 0.548 e. The van der Waals surface area contributed by atoms with Crippen LogP contribution in [0.4, 0.5) is 0 Å². The minimum absolute atomic E-state index is 0. The van der Waals surface area contributed by atoms with Crippen LogP contribution in [-0.4, -0.2) is 41.4 Å². The molecule has 1 amide bonds. The van der Waals surface area contributed by atoms with Crippen molar-refractivity contribution in [3.63, 3.8) is 0 Å². The number of allylic oxidation sites excluding steroid dienone is 1. The third kappa shape index (κ3) is 5.09. The van der Waals surface area contributed by atoms with E-state index >= 15 is 0 Å². The van der Waals surface area contributed by atoms with Crippen molar-refractivity contribution in [2.24, 2.45) is 0 Å². The number of hydrogen-bond donors (Lipinski definition) is 1. The van der Waals surface area contributed by atoms with Gasteiger partial charge >= 0.3 is 29.6 Å². The van der Waals surface area contributed by atoms with Gasteiger partial charge < -0.3 is 15.2 Å². The van der Waals surface area contributed by atoms with Crippen LogP contribution in [0.3, 0.4) is 0 Å². The van der Waals surface area contributed by atoms with E-state index in [9.17, 15) is 14.7 Å². The van der Waals surface area contributed by atoms with Gasteiger partial charge in [0.1, 0.15) is 0 Å². The first-order valence-corrected chi connectivity index (χ1v) is 7.40. The van der Waals surface area contributed by atoms with Crippen LogP contribution in [0, 0.1) is 0 Å². The molecule has 0 aromatic carbocycles. The van der Waals surface area contributed by atoms with Gasteiger partial charge in [0, 0.05) is 12.6 Å². The van der Waals surface area contributed by atoms with Gasteiger partial charge in [-0.2, -0.15) is 0 Å². The minimum atomic E-state index is -1.04. The van der Waals surface area contributed by atoms with Gasteiger partial charge in [-0.1, -0.05) is 11.6 Å². The van der Waals surface area contributed by atoms with Gasteiger partial charge in [-0.05, 0) is 46.0 Å². The van der Waals surface area contributed by atoms with Crippen molar-refractivity contribution in [1.29, 1.82) is 0 Å². The Labute approximate surface area is 148 Å². The molecule has 0 radical (unpaired) electrons. The zero-order valence-corrected chi connectivity index (χ0v) is 15.2. The van der Waals surface area contributed by atoms with Crippen LogP contribution in [0.2, 0.25) is 0 Å². The Kier molecular flexibility index (Phi) is 7.40. The largest absolute Gasteiger partial charge is 1.00 e. The molecule has 2 aliphatic rings. The summed E-state index contributed by atoms with van der Waals surface area (Å²) in [6.07, 6.45) is 6.01. The molecule has 1 aliphatic carbocycles. The van der Waals surface area contributed by atoms with Crippen LogP contribution in [0.15, 0.2) is 11.6 Å². The number of rotatable bonds is 6. The first-order chi connectivity index (χ1) is 9.50. The molecule has 0 bridgehead atoms. The number of amides is 1. The Balaban J connectivity index is 0.00000220. The Bertz CT molecular complexity index is 417. The molecule has 0 spiro atoms. The molecule has 0 aromatic heterocycles. The van der Waals surface area contributed by atoms with E-state index in [2.05, 4.69) is 11.4 Å². The maximum atomic E-state index is 12.2. The van der Waals surface area contributed by atoms with Crippen molar-refractivity contribution in [3.05, 3.63) is 11.6 Å². The molecule has 2 rings (SSSR count). The first-order valence-electron chi connectivity index (χ1n) is 7.40. The van der Waals surface area contributed by atoms with E-state index < -0.39 is 12.0 Å². The van der Waals surface area contributed by atoms with Crippen LogP contribution in [0.1, 0.15) is 46.0 Å². The fourth-order valence-electron chi connectivity index (χ4n) is 2.89. The van der Waals surface area contributed by atoms with E-state index in [4.69, 9.17) is 0 Å². The molecule has 21 heavy (non-hydrogen) atoms. The molecule has 1 heterocycles. The van der Waals surface area contributed by atoms with E-state index in [0.29, 0.717) is 19.4 Å². The third-order valence-electron chi connectivity index (χ3n) is 3.97. The quantitative estimate of drug-likeness (QED) is 0.327. The van der Waals surface area contributed by atoms with Crippen molar-refractivity contribution < 1.29 is 44.3 Å². The zero-order chi connectivity index (χ0) is 14.7. The zero-order valence-electron chi connectivity index (χ0n) is 13.2. The summed E-state index contributed by atoms with van der Waals surface area (Å²) < 4.78 is 0.